The van der Waals surface area contributed by atoms with E-state index in [9.17, 15) is 0 Å². The van der Waals surface area contributed by atoms with Crippen molar-refractivity contribution >= 4 is 0 Å². The lowest BCUT2D eigenvalue weighted by molar-refractivity contribution is 0.122. The zero-order chi connectivity index (χ0) is 17.9. The van der Waals surface area contributed by atoms with Crippen LogP contribution in [0.4, 0.5) is 0 Å². The fourth-order valence-corrected chi connectivity index (χ4v) is 4.76. The van der Waals surface area contributed by atoms with Gasteiger partial charge in [0.2, 0.25) is 0 Å². The van der Waals surface area contributed by atoms with E-state index in [2.05, 4.69) is 60.0 Å². The number of aromatic nitrogens is 2. The molecule has 2 fully saturated rings. The van der Waals surface area contributed by atoms with Crippen molar-refractivity contribution in [2.45, 2.75) is 64.7 Å². The molecule has 4 rings (SSSR count). The molecule has 2 aromatic rings. The van der Waals surface area contributed by atoms with E-state index in [-0.39, 0.29) is 0 Å². The maximum absolute atomic E-state index is 4.73. The second-order valence-electron chi connectivity index (χ2n) is 7.90. The molecule has 0 amide bonds. The van der Waals surface area contributed by atoms with Gasteiger partial charge in [-0.3, -0.25) is 19.8 Å². The van der Waals surface area contributed by atoms with Crippen LogP contribution in [0.3, 0.4) is 0 Å². The largest absolute Gasteiger partial charge is 0.293 e. The standard InChI is InChI=1S/C22H30N4/c1-17-7-3-9-19(23-17)15-25-13-5-11-21(25)22-12-6-14-26(22)16-20-10-4-8-18(2)24-20/h3-4,7-10,21-22H,5-6,11-16H2,1-2H3/t21-,22-/m1/s1. The molecule has 0 saturated carbocycles. The van der Waals surface area contributed by atoms with E-state index in [1.807, 2.05) is 0 Å². The van der Waals surface area contributed by atoms with Gasteiger partial charge in [0.1, 0.15) is 0 Å². The van der Waals surface area contributed by atoms with Crippen molar-refractivity contribution in [2.24, 2.45) is 0 Å². The fourth-order valence-electron chi connectivity index (χ4n) is 4.76. The van der Waals surface area contributed by atoms with Crippen LogP contribution in [-0.4, -0.2) is 44.9 Å². The molecule has 0 unspecified atom stereocenters. The summed E-state index contributed by atoms with van der Waals surface area (Å²) < 4.78 is 0. The first-order valence-corrected chi connectivity index (χ1v) is 10.0. The third-order valence-electron chi connectivity index (χ3n) is 5.89. The zero-order valence-corrected chi connectivity index (χ0v) is 16.1. The molecule has 26 heavy (non-hydrogen) atoms. The minimum absolute atomic E-state index is 0.657. The molecule has 2 atom stereocenters. The Morgan fingerprint density at radius 2 is 1.23 bits per heavy atom. The zero-order valence-electron chi connectivity index (χ0n) is 16.1. The first-order chi connectivity index (χ1) is 12.7. The van der Waals surface area contributed by atoms with Crippen LogP contribution >= 0.6 is 0 Å². The topological polar surface area (TPSA) is 32.3 Å². The van der Waals surface area contributed by atoms with Crippen LogP contribution in [0.15, 0.2) is 36.4 Å². The number of likely N-dealkylation sites (tertiary alicyclic amines) is 2. The summed E-state index contributed by atoms with van der Waals surface area (Å²) in [6, 6.07) is 14.1. The van der Waals surface area contributed by atoms with E-state index < -0.39 is 0 Å². The molecule has 2 aromatic heterocycles. The Labute approximate surface area is 157 Å². The summed E-state index contributed by atoms with van der Waals surface area (Å²) in [5, 5.41) is 0. The summed E-state index contributed by atoms with van der Waals surface area (Å²) in [6.45, 7) is 8.54. The van der Waals surface area contributed by atoms with Crippen molar-refractivity contribution in [3.05, 3.63) is 59.2 Å². The smallest absolute Gasteiger partial charge is 0.0547 e. The third-order valence-corrected chi connectivity index (χ3v) is 5.89. The van der Waals surface area contributed by atoms with Crippen LogP contribution in [0, 0.1) is 13.8 Å². The minimum Gasteiger partial charge on any atom is -0.293 e. The van der Waals surface area contributed by atoms with E-state index in [4.69, 9.17) is 9.97 Å². The highest BCUT2D eigenvalue weighted by molar-refractivity contribution is 5.12. The summed E-state index contributed by atoms with van der Waals surface area (Å²) in [6.07, 6.45) is 5.25. The summed E-state index contributed by atoms with van der Waals surface area (Å²) in [7, 11) is 0. The van der Waals surface area contributed by atoms with Crippen molar-refractivity contribution in [1.82, 2.24) is 19.8 Å². The summed E-state index contributed by atoms with van der Waals surface area (Å²) >= 11 is 0. The van der Waals surface area contributed by atoms with Gasteiger partial charge >= 0.3 is 0 Å². The van der Waals surface area contributed by atoms with Gasteiger partial charge < -0.3 is 0 Å². The second kappa shape index (κ2) is 7.85. The number of nitrogens with zero attached hydrogens (tertiary/aromatic N) is 4. The molecule has 0 spiro atoms. The number of rotatable bonds is 5. The highest BCUT2D eigenvalue weighted by Gasteiger charge is 2.37. The van der Waals surface area contributed by atoms with Crippen LogP contribution in [-0.2, 0) is 13.1 Å². The van der Waals surface area contributed by atoms with Gasteiger partial charge in [-0.05, 0) is 76.9 Å². The van der Waals surface area contributed by atoms with Gasteiger partial charge in [-0.25, -0.2) is 0 Å². The predicted octanol–water partition coefficient (Wildman–Crippen LogP) is 3.72. The van der Waals surface area contributed by atoms with Gasteiger partial charge in [-0.15, -0.1) is 0 Å². The molecule has 4 heterocycles. The molecular formula is C22H30N4. The van der Waals surface area contributed by atoms with E-state index in [1.165, 1.54) is 50.2 Å². The molecule has 0 radical (unpaired) electrons. The quantitative estimate of drug-likeness (QED) is 0.823. The van der Waals surface area contributed by atoms with Gasteiger partial charge in [-0.2, -0.15) is 0 Å². The summed E-state index contributed by atoms with van der Waals surface area (Å²) in [4.78, 5) is 14.8. The number of aryl methyl sites for hydroxylation is 2. The monoisotopic (exact) mass is 350 g/mol. The molecule has 2 saturated heterocycles. The molecule has 0 aromatic carbocycles. The van der Waals surface area contributed by atoms with E-state index in [0.29, 0.717) is 12.1 Å². The van der Waals surface area contributed by atoms with Gasteiger partial charge in [0.15, 0.2) is 0 Å². The fraction of sp³-hybridized carbons (Fsp3) is 0.545. The first-order valence-electron chi connectivity index (χ1n) is 10.0. The molecule has 2 aliphatic rings. The van der Waals surface area contributed by atoms with Crippen LogP contribution in [0.25, 0.3) is 0 Å². The molecule has 138 valence electrons. The Morgan fingerprint density at radius 1 is 0.769 bits per heavy atom. The van der Waals surface area contributed by atoms with Crippen molar-refractivity contribution in [3.8, 4) is 0 Å². The lowest BCUT2D eigenvalue weighted by Gasteiger charge is -2.35. The van der Waals surface area contributed by atoms with Crippen LogP contribution in [0.2, 0.25) is 0 Å². The van der Waals surface area contributed by atoms with E-state index >= 15 is 0 Å². The minimum atomic E-state index is 0.657. The SMILES string of the molecule is Cc1cccc(CN2CCC[C@@H]2[C@H]2CCCN2Cc2cccc(C)n2)n1. The first kappa shape index (κ1) is 17.6. The highest BCUT2D eigenvalue weighted by atomic mass is 15.3. The second-order valence-corrected chi connectivity index (χ2v) is 7.90. The van der Waals surface area contributed by atoms with E-state index in [0.717, 1.165) is 24.5 Å². The average molecular weight is 351 g/mol. The molecule has 0 bridgehead atoms. The van der Waals surface area contributed by atoms with Gasteiger partial charge in [0, 0.05) is 36.6 Å². The third kappa shape index (κ3) is 3.97. The maximum atomic E-state index is 4.73. The number of hydrogen-bond acceptors (Lipinski definition) is 4. The van der Waals surface area contributed by atoms with Gasteiger partial charge in [0.05, 0.1) is 11.4 Å². The Kier molecular flexibility index (Phi) is 5.32. The number of pyridine rings is 2. The molecular weight excluding hydrogens is 320 g/mol. The van der Waals surface area contributed by atoms with Gasteiger partial charge in [-0.1, -0.05) is 12.1 Å². The summed E-state index contributed by atoms with van der Waals surface area (Å²) in [5.74, 6) is 0. The van der Waals surface area contributed by atoms with Crippen LogP contribution in [0.1, 0.15) is 48.5 Å². The normalized spacial score (nSPS) is 24.4. The molecule has 0 N–H and O–H groups in total. The Morgan fingerprint density at radius 3 is 1.65 bits per heavy atom. The Balaban J connectivity index is 1.45. The average Bonchev–Trinajstić information content (AvgIpc) is 3.24. The predicted molar refractivity (Wildman–Crippen MR) is 105 cm³/mol. The lowest BCUT2D eigenvalue weighted by atomic mass is 10.0. The molecule has 2 aliphatic heterocycles. The molecule has 0 aliphatic carbocycles. The van der Waals surface area contributed by atoms with Crippen molar-refractivity contribution in [1.29, 1.82) is 0 Å². The van der Waals surface area contributed by atoms with Crippen molar-refractivity contribution in [3.63, 3.8) is 0 Å². The Hall–Kier alpha value is -1.78. The lowest BCUT2D eigenvalue weighted by Crippen LogP contribution is -2.45. The molecule has 4 nitrogen and oxygen atoms in total. The highest BCUT2D eigenvalue weighted by Crippen LogP contribution is 2.31. The molecule has 4 heteroatoms. The van der Waals surface area contributed by atoms with Crippen LogP contribution < -0.4 is 0 Å². The van der Waals surface area contributed by atoms with Gasteiger partial charge in [0.25, 0.3) is 0 Å². The number of hydrogen-bond donors (Lipinski definition) is 0. The summed E-state index contributed by atoms with van der Waals surface area (Å²) in [5.41, 5.74) is 4.65. The van der Waals surface area contributed by atoms with Crippen molar-refractivity contribution in [2.75, 3.05) is 13.1 Å². The van der Waals surface area contributed by atoms with E-state index in [1.54, 1.807) is 0 Å². The Bertz CT molecular complexity index is 681. The van der Waals surface area contributed by atoms with Crippen LogP contribution in [0.5, 0.6) is 0 Å². The van der Waals surface area contributed by atoms with Crippen molar-refractivity contribution < 1.29 is 0 Å². The maximum Gasteiger partial charge on any atom is 0.0547 e.